The fourth-order valence-electron chi connectivity index (χ4n) is 3.12. The van der Waals surface area contributed by atoms with Crippen LogP contribution >= 0.6 is 0 Å². The fourth-order valence-corrected chi connectivity index (χ4v) is 3.12. The second-order valence-electron chi connectivity index (χ2n) is 6.35. The zero-order chi connectivity index (χ0) is 18.6. The normalized spacial score (nSPS) is 24.0. The molecular formula is C15H21F3N2O5. The summed E-state index contributed by atoms with van der Waals surface area (Å²) in [5.74, 6) is -3.17. The lowest BCUT2D eigenvalue weighted by molar-refractivity contribution is -0.157. The van der Waals surface area contributed by atoms with Crippen molar-refractivity contribution in [2.75, 3.05) is 32.8 Å². The first kappa shape index (κ1) is 19.5. The Morgan fingerprint density at radius 2 is 2.08 bits per heavy atom. The maximum absolute atomic E-state index is 12.6. The third-order valence-electron chi connectivity index (χ3n) is 4.29. The minimum Gasteiger partial charge on any atom is -0.481 e. The Hall–Kier alpha value is -1.84. The van der Waals surface area contributed by atoms with Crippen LogP contribution in [0.3, 0.4) is 0 Å². The molecule has 0 aromatic carbocycles. The van der Waals surface area contributed by atoms with Crippen molar-refractivity contribution in [3.63, 3.8) is 0 Å². The van der Waals surface area contributed by atoms with E-state index in [1.807, 2.05) is 0 Å². The summed E-state index contributed by atoms with van der Waals surface area (Å²) in [7, 11) is 0. The molecular weight excluding hydrogens is 345 g/mol. The summed E-state index contributed by atoms with van der Waals surface area (Å²) in [5, 5.41) is 8.83. The van der Waals surface area contributed by atoms with E-state index in [4.69, 9.17) is 9.84 Å². The molecule has 2 saturated heterocycles. The van der Waals surface area contributed by atoms with Crippen molar-refractivity contribution in [2.24, 2.45) is 5.92 Å². The van der Waals surface area contributed by atoms with E-state index in [0.717, 1.165) is 12.8 Å². The number of carbonyl (C=O) groups excluding carboxylic acids is 2. The molecule has 0 aliphatic carbocycles. The molecule has 1 N–H and O–H groups in total. The van der Waals surface area contributed by atoms with Gasteiger partial charge >= 0.3 is 12.1 Å². The second kappa shape index (κ2) is 8.03. The highest BCUT2D eigenvalue weighted by molar-refractivity contribution is 5.89. The van der Waals surface area contributed by atoms with E-state index in [9.17, 15) is 27.6 Å². The Kier molecular flexibility index (Phi) is 6.26. The third-order valence-corrected chi connectivity index (χ3v) is 4.29. The number of aliphatic carboxylic acids is 1. The van der Waals surface area contributed by atoms with Crippen LogP contribution in [-0.4, -0.2) is 77.8 Å². The molecule has 0 saturated carbocycles. The number of halogens is 3. The van der Waals surface area contributed by atoms with Crippen LogP contribution in [0, 0.1) is 5.92 Å². The van der Waals surface area contributed by atoms with Crippen LogP contribution in [0.5, 0.6) is 0 Å². The molecule has 2 atom stereocenters. The maximum atomic E-state index is 12.6. The number of hydrogen-bond acceptors (Lipinski definition) is 4. The van der Waals surface area contributed by atoms with E-state index < -0.39 is 36.4 Å². The molecule has 0 spiro atoms. The molecule has 2 fully saturated rings. The number of nitrogens with zero attached hydrogens (tertiary/aromatic N) is 2. The lowest BCUT2D eigenvalue weighted by Crippen LogP contribution is -2.43. The van der Waals surface area contributed by atoms with Gasteiger partial charge in [-0.25, -0.2) is 0 Å². The van der Waals surface area contributed by atoms with Crippen LogP contribution < -0.4 is 0 Å². The van der Waals surface area contributed by atoms with E-state index in [1.165, 1.54) is 4.90 Å². The van der Waals surface area contributed by atoms with Gasteiger partial charge in [0, 0.05) is 32.7 Å². The Labute approximate surface area is 142 Å². The standard InChI is InChI=1S/C15H21F3N2O5/c16-15(17,18)9-20-7-10(6-12(20)21)14(24)19(4-3-13(22)23)8-11-2-1-5-25-11/h10-11H,1-9H2,(H,22,23)/t10-,11+/m1/s1. The van der Waals surface area contributed by atoms with Crippen LogP contribution in [0.1, 0.15) is 25.7 Å². The molecule has 0 radical (unpaired) electrons. The SMILES string of the molecule is O=C(O)CCN(C[C@@H]1CCCO1)C(=O)[C@@H]1CC(=O)N(CC(F)(F)F)C1. The molecule has 0 unspecified atom stereocenters. The van der Waals surface area contributed by atoms with Gasteiger partial charge in [0.25, 0.3) is 0 Å². The van der Waals surface area contributed by atoms with Crippen molar-refractivity contribution in [1.82, 2.24) is 9.80 Å². The third kappa shape index (κ3) is 5.87. The monoisotopic (exact) mass is 366 g/mol. The minimum atomic E-state index is -4.52. The number of ether oxygens (including phenoxy) is 1. The molecule has 0 aromatic rings. The van der Waals surface area contributed by atoms with Gasteiger partial charge in [-0.3, -0.25) is 14.4 Å². The highest BCUT2D eigenvalue weighted by atomic mass is 19.4. The van der Waals surface area contributed by atoms with Crippen LogP contribution in [0.2, 0.25) is 0 Å². The van der Waals surface area contributed by atoms with Gasteiger partial charge in [0.05, 0.1) is 18.4 Å². The lowest BCUT2D eigenvalue weighted by atomic mass is 10.1. The van der Waals surface area contributed by atoms with E-state index in [0.29, 0.717) is 11.5 Å². The van der Waals surface area contributed by atoms with E-state index in [2.05, 4.69) is 0 Å². The van der Waals surface area contributed by atoms with Gasteiger partial charge in [0.1, 0.15) is 6.54 Å². The van der Waals surface area contributed by atoms with Crippen molar-refractivity contribution in [3.05, 3.63) is 0 Å². The molecule has 2 amide bonds. The maximum Gasteiger partial charge on any atom is 0.406 e. The number of carbonyl (C=O) groups is 3. The lowest BCUT2D eigenvalue weighted by Gasteiger charge is -2.27. The number of carboxylic acid groups (broad SMARTS) is 1. The molecule has 0 aromatic heterocycles. The largest absolute Gasteiger partial charge is 0.481 e. The Morgan fingerprint density at radius 1 is 1.36 bits per heavy atom. The van der Waals surface area contributed by atoms with Gasteiger partial charge in [0.2, 0.25) is 11.8 Å². The average Bonchev–Trinajstić information content (AvgIpc) is 3.11. The number of hydrogen-bond donors (Lipinski definition) is 1. The molecule has 2 heterocycles. The molecule has 2 aliphatic heterocycles. The number of rotatable bonds is 7. The van der Waals surface area contributed by atoms with Gasteiger partial charge in [-0.2, -0.15) is 13.2 Å². The predicted octanol–water partition coefficient (Wildman–Crippen LogP) is 0.879. The summed E-state index contributed by atoms with van der Waals surface area (Å²) in [6.45, 7) is -0.982. The van der Waals surface area contributed by atoms with Gasteiger partial charge in [0.15, 0.2) is 0 Å². The summed E-state index contributed by atoms with van der Waals surface area (Å²) in [6, 6.07) is 0. The van der Waals surface area contributed by atoms with Crippen molar-refractivity contribution in [3.8, 4) is 0 Å². The summed E-state index contributed by atoms with van der Waals surface area (Å²) < 4.78 is 42.9. The molecule has 10 heteroatoms. The van der Waals surface area contributed by atoms with Crippen molar-refractivity contribution >= 4 is 17.8 Å². The Balaban J connectivity index is 1.99. The number of carboxylic acids is 1. The minimum absolute atomic E-state index is 0.0576. The van der Waals surface area contributed by atoms with Crippen molar-refractivity contribution in [1.29, 1.82) is 0 Å². The number of likely N-dealkylation sites (tertiary alicyclic amines) is 1. The average molecular weight is 366 g/mol. The van der Waals surface area contributed by atoms with Gasteiger partial charge in [-0.05, 0) is 12.8 Å². The summed E-state index contributed by atoms with van der Waals surface area (Å²) in [4.78, 5) is 37.1. The summed E-state index contributed by atoms with van der Waals surface area (Å²) in [6.07, 6.45) is -3.71. The topological polar surface area (TPSA) is 87.1 Å². The smallest absolute Gasteiger partial charge is 0.406 e. The zero-order valence-corrected chi connectivity index (χ0v) is 13.6. The fraction of sp³-hybridized carbons (Fsp3) is 0.800. The van der Waals surface area contributed by atoms with Crippen molar-refractivity contribution < 1.29 is 37.4 Å². The predicted molar refractivity (Wildman–Crippen MR) is 78.5 cm³/mol. The van der Waals surface area contributed by atoms with Gasteiger partial charge in [-0.1, -0.05) is 0 Å². The highest BCUT2D eigenvalue weighted by Crippen LogP contribution is 2.26. The van der Waals surface area contributed by atoms with Crippen LogP contribution in [-0.2, 0) is 19.1 Å². The van der Waals surface area contributed by atoms with E-state index in [1.54, 1.807) is 0 Å². The Morgan fingerprint density at radius 3 is 2.64 bits per heavy atom. The summed E-state index contributed by atoms with van der Waals surface area (Å²) in [5.41, 5.74) is 0. The van der Waals surface area contributed by atoms with E-state index >= 15 is 0 Å². The first-order chi connectivity index (χ1) is 11.7. The molecule has 2 aliphatic rings. The van der Waals surface area contributed by atoms with Crippen LogP contribution in [0.4, 0.5) is 13.2 Å². The number of amides is 2. The van der Waals surface area contributed by atoms with Crippen LogP contribution in [0.15, 0.2) is 0 Å². The van der Waals surface area contributed by atoms with Crippen LogP contribution in [0.25, 0.3) is 0 Å². The first-order valence-corrected chi connectivity index (χ1v) is 8.12. The molecule has 2 rings (SSSR count). The first-order valence-electron chi connectivity index (χ1n) is 8.12. The highest BCUT2D eigenvalue weighted by Gasteiger charge is 2.42. The molecule has 142 valence electrons. The zero-order valence-electron chi connectivity index (χ0n) is 13.6. The second-order valence-corrected chi connectivity index (χ2v) is 6.35. The van der Waals surface area contributed by atoms with Gasteiger partial charge in [-0.15, -0.1) is 0 Å². The quantitative estimate of drug-likeness (QED) is 0.723. The summed E-state index contributed by atoms with van der Waals surface area (Å²) >= 11 is 0. The molecule has 0 bridgehead atoms. The molecule has 25 heavy (non-hydrogen) atoms. The van der Waals surface area contributed by atoms with Gasteiger partial charge < -0.3 is 19.6 Å². The Bertz CT molecular complexity index is 520. The van der Waals surface area contributed by atoms with E-state index in [-0.39, 0.29) is 38.6 Å². The molecule has 7 nitrogen and oxygen atoms in total. The van der Waals surface area contributed by atoms with Crippen molar-refractivity contribution in [2.45, 2.75) is 38.0 Å². The number of alkyl halides is 3.